The number of nitrogens with zero attached hydrogens (tertiary/aromatic N) is 1. The van der Waals surface area contributed by atoms with Gasteiger partial charge in [-0.15, -0.1) is 0 Å². The number of rotatable bonds is 4. The monoisotopic (exact) mass is 262 g/mol. The molecular weight excluding hydrogens is 236 g/mol. The molecule has 0 amide bonds. The Labute approximate surface area is 116 Å². The lowest BCUT2D eigenvalue weighted by atomic mass is 9.71. The molecule has 0 aromatic carbocycles. The topological polar surface area (TPSA) is 34.2 Å². The first-order valence-electron chi connectivity index (χ1n) is 7.25. The second kappa shape index (κ2) is 5.91. The van der Waals surface area contributed by atoms with Gasteiger partial charge in [0.25, 0.3) is 0 Å². The van der Waals surface area contributed by atoms with Crippen molar-refractivity contribution in [2.75, 3.05) is 7.05 Å². The number of hydrogen-bond donors (Lipinski definition) is 1. The zero-order valence-electron chi connectivity index (χ0n) is 12.6. The molecule has 3 heteroatoms. The van der Waals surface area contributed by atoms with E-state index in [4.69, 9.17) is 4.74 Å². The molecule has 0 saturated heterocycles. The van der Waals surface area contributed by atoms with Gasteiger partial charge in [0.15, 0.2) is 0 Å². The predicted octanol–water partition coefficient (Wildman–Crippen LogP) is 3.39. The molecular formula is C16H26N2O. The minimum absolute atomic E-state index is 0.302. The molecule has 1 heterocycles. The molecule has 2 rings (SSSR count). The highest BCUT2D eigenvalue weighted by atomic mass is 16.5. The molecule has 0 bridgehead atoms. The van der Waals surface area contributed by atoms with E-state index in [2.05, 4.69) is 31.1 Å². The van der Waals surface area contributed by atoms with Gasteiger partial charge in [0.2, 0.25) is 5.88 Å². The van der Waals surface area contributed by atoms with Crippen molar-refractivity contribution >= 4 is 0 Å². The molecule has 1 aliphatic carbocycles. The van der Waals surface area contributed by atoms with E-state index in [1.165, 1.54) is 12.0 Å². The standard InChI is InChI=1S/C16H26N2O/c1-12-7-14(10-16(2,3)9-12)19-15-8-13(11-17-4)5-6-18-15/h5-6,8,12,14,17H,7,9-11H2,1-4H3. The minimum atomic E-state index is 0.302. The van der Waals surface area contributed by atoms with Crippen LogP contribution in [0, 0.1) is 11.3 Å². The first kappa shape index (κ1) is 14.3. The molecule has 1 aromatic rings. The van der Waals surface area contributed by atoms with Gasteiger partial charge in [0.05, 0.1) is 0 Å². The van der Waals surface area contributed by atoms with Crippen molar-refractivity contribution in [2.45, 2.75) is 52.7 Å². The van der Waals surface area contributed by atoms with Crippen LogP contribution in [0.25, 0.3) is 0 Å². The second-order valence-corrected chi connectivity index (χ2v) is 6.69. The van der Waals surface area contributed by atoms with Gasteiger partial charge in [-0.3, -0.25) is 0 Å². The summed E-state index contributed by atoms with van der Waals surface area (Å²) in [5.41, 5.74) is 1.60. The number of aromatic nitrogens is 1. The Bertz CT molecular complexity index is 417. The highest BCUT2D eigenvalue weighted by molar-refractivity contribution is 5.20. The highest BCUT2D eigenvalue weighted by Gasteiger charge is 2.33. The van der Waals surface area contributed by atoms with E-state index in [0.717, 1.165) is 31.2 Å². The van der Waals surface area contributed by atoms with Crippen LogP contribution in [-0.4, -0.2) is 18.1 Å². The first-order valence-corrected chi connectivity index (χ1v) is 7.25. The molecule has 19 heavy (non-hydrogen) atoms. The molecule has 2 atom stereocenters. The quantitative estimate of drug-likeness (QED) is 0.903. The third kappa shape index (κ3) is 4.20. The predicted molar refractivity (Wildman–Crippen MR) is 78.2 cm³/mol. The smallest absolute Gasteiger partial charge is 0.213 e. The molecule has 106 valence electrons. The largest absolute Gasteiger partial charge is 0.474 e. The summed E-state index contributed by atoms with van der Waals surface area (Å²) in [6, 6.07) is 4.07. The van der Waals surface area contributed by atoms with Crippen LogP contribution in [0.4, 0.5) is 0 Å². The molecule has 2 unspecified atom stereocenters. The summed E-state index contributed by atoms with van der Waals surface area (Å²) in [5, 5.41) is 3.15. The summed E-state index contributed by atoms with van der Waals surface area (Å²) in [5.74, 6) is 1.50. The van der Waals surface area contributed by atoms with E-state index < -0.39 is 0 Å². The molecule has 1 fully saturated rings. The van der Waals surface area contributed by atoms with Crippen LogP contribution in [0.15, 0.2) is 18.3 Å². The normalized spacial score (nSPS) is 26.1. The maximum absolute atomic E-state index is 6.11. The van der Waals surface area contributed by atoms with Gasteiger partial charge in [-0.2, -0.15) is 0 Å². The second-order valence-electron chi connectivity index (χ2n) is 6.69. The van der Waals surface area contributed by atoms with Crippen LogP contribution in [0.5, 0.6) is 5.88 Å². The number of nitrogens with one attached hydrogen (secondary N) is 1. The van der Waals surface area contributed by atoms with E-state index in [1.807, 2.05) is 25.4 Å². The number of pyridine rings is 1. The van der Waals surface area contributed by atoms with E-state index in [-0.39, 0.29) is 0 Å². The van der Waals surface area contributed by atoms with Gasteiger partial charge in [0.1, 0.15) is 6.10 Å². The number of hydrogen-bond acceptors (Lipinski definition) is 3. The summed E-state index contributed by atoms with van der Waals surface area (Å²) in [4.78, 5) is 4.34. The molecule has 0 spiro atoms. The first-order chi connectivity index (χ1) is 8.98. The Morgan fingerprint density at radius 3 is 2.89 bits per heavy atom. The fourth-order valence-corrected chi connectivity index (χ4v) is 3.35. The van der Waals surface area contributed by atoms with Crippen molar-refractivity contribution in [1.29, 1.82) is 0 Å². The van der Waals surface area contributed by atoms with Crippen LogP contribution in [0.2, 0.25) is 0 Å². The average Bonchev–Trinajstić information content (AvgIpc) is 2.26. The van der Waals surface area contributed by atoms with Gasteiger partial charge in [-0.1, -0.05) is 20.8 Å². The third-order valence-corrected chi connectivity index (χ3v) is 3.81. The van der Waals surface area contributed by atoms with Crippen LogP contribution in [-0.2, 0) is 6.54 Å². The molecule has 0 aliphatic heterocycles. The number of ether oxygens (including phenoxy) is 1. The Morgan fingerprint density at radius 1 is 1.42 bits per heavy atom. The molecule has 1 aliphatic rings. The summed E-state index contributed by atoms with van der Waals surface area (Å²) in [6.07, 6.45) is 5.69. The maximum Gasteiger partial charge on any atom is 0.213 e. The van der Waals surface area contributed by atoms with Crippen molar-refractivity contribution in [3.63, 3.8) is 0 Å². The van der Waals surface area contributed by atoms with Crippen LogP contribution >= 0.6 is 0 Å². The van der Waals surface area contributed by atoms with Gasteiger partial charge >= 0.3 is 0 Å². The summed E-state index contributed by atoms with van der Waals surface area (Å²) < 4.78 is 6.11. The van der Waals surface area contributed by atoms with Crippen LogP contribution in [0.3, 0.4) is 0 Å². The lowest BCUT2D eigenvalue weighted by Crippen LogP contribution is -2.34. The van der Waals surface area contributed by atoms with Crippen molar-refractivity contribution in [2.24, 2.45) is 11.3 Å². The average molecular weight is 262 g/mol. The minimum Gasteiger partial charge on any atom is -0.474 e. The van der Waals surface area contributed by atoms with Crippen molar-refractivity contribution in [1.82, 2.24) is 10.3 Å². The summed E-state index contributed by atoms with van der Waals surface area (Å²) >= 11 is 0. The van der Waals surface area contributed by atoms with Crippen LogP contribution in [0.1, 0.15) is 45.6 Å². The Hall–Kier alpha value is -1.09. The molecule has 1 saturated carbocycles. The van der Waals surface area contributed by atoms with Crippen molar-refractivity contribution in [3.05, 3.63) is 23.9 Å². The molecule has 3 nitrogen and oxygen atoms in total. The van der Waals surface area contributed by atoms with E-state index in [0.29, 0.717) is 11.5 Å². The fraction of sp³-hybridized carbons (Fsp3) is 0.688. The lowest BCUT2D eigenvalue weighted by Gasteiger charge is -2.38. The van der Waals surface area contributed by atoms with Gasteiger partial charge < -0.3 is 10.1 Å². The molecule has 1 N–H and O–H groups in total. The summed E-state index contributed by atoms with van der Waals surface area (Å²) in [7, 11) is 1.95. The van der Waals surface area contributed by atoms with E-state index in [9.17, 15) is 0 Å². The van der Waals surface area contributed by atoms with Gasteiger partial charge in [-0.05, 0) is 49.3 Å². The van der Waals surface area contributed by atoms with Crippen molar-refractivity contribution < 1.29 is 4.74 Å². The SMILES string of the molecule is CNCc1ccnc(OC2CC(C)CC(C)(C)C2)c1. The zero-order valence-corrected chi connectivity index (χ0v) is 12.6. The zero-order chi connectivity index (χ0) is 13.9. The van der Waals surface area contributed by atoms with E-state index in [1.54, 1.807) is 0 Å². The summed E-state index contributed by atoms with van der Waals surface area (Å²) in [6.45, 7) is 7.85. The van der Waals surface area contributed by atoms with Gasteiger partial charge in [0, 0.05) is 18.8 Å². The molecule has 0 radical (unpaired) electrons. The van der Waals surface area contributed by atoms with Crippen molar-refractivity contribution in [3.8, 4) is 5.88 Å². The van der Waals surface area contributed by atoms with Gasteiger partial charge in [-0.25, -0.2) is 4.98 Å². The molecule has 1 aromatic heterocycles. The Morgan fingerprint density at radius 2 is 2.21 bits per heavy atom. The van der Waals surface area contributed by atoms with Crippen LogP contribution < -0.4 is 10.1 Å². The Balaban J connectivity index is 2.02. The third-order valence-electron chi connectivity index (χ3n) is 3.81. The maximum atomic E-state index is 6.11. The van der Waals surface area contributed by atoms with E-state index >= 15 is 0 Å². The Kier molecular flexibility index (Phi) is 4.46. The lowest BCUT2D eigenvalue weighted by molar-refractivity contribution is 0.0532. The fourth-order valence-electron chi connectivity index (χ4n) is 3.35. The highest BCUT2D eigenvalue weighted by Crippen LogP contribution is 2.39.